The van der Waals surface area contributed by atoms with Gasteiger partial charge in [-0.25, -0.2) is 0 Å². The maximum atomic E-state index is 12.0. The van der Waals surface area contributed by atoms with Gasteiger partial charge in [0.15, 0.2) is 0 Å². The van der Waals surface area contributed by atoms with Crippen molar-refractivity contribution in [3.8, 4) is 0 Å². The van der Waals surface area contributed by atoms with Crippen LogP contribution in [0.2, 0.25) is 0 Å². The van der Waals surface area contributed by atoms with Crippen LogP contribution in [0, 0.1) is 0 Å². The summed E-state index contributed by atoms with van der Waals surface area (Å²) in [7, 11) is -9.59. The summed E-state index contributed by atoms with van der Waals surface area (Å²) >= 11 is 5.16. The van der Waals surface area contributed by atoms with Gasteiger partial charge in [0, 0.05) is 0 Å². The van der Waals surface area contributed by atoms with Crippen molar-refractivity contribution in [1.82, 2.24) is 0 Å². The van der Waals surface area contributed by atoms with Crippen molar-refractivity contribution < 1.29 is 19.4 Å². The first-order valence-electron chi connectivity index (χ1n) is 3.65. The Hall–Kier alpha value is -0.750. The van der Waals surface area contributed by atoms with Gasteiger partial charge in [-0.15, -0.1) is 0 Å². The largest absolute Gasteiger partial charge is 0.305 e. The van der Waals surface area contributed by atoms with Gasteiger partial charge in [0.05, 0.1) is 10.4 Å². The van der Waals surface area contributed by atoms with Gasteiger partial charge in [-0.2, -0.15) is 0 Å². The van der Waals surface area contributed by atoms with Gasteiger partial charge in [-0.05, 0) is 5.56 Å². The molecule has 86 valence electrons. The van der Waals surface area contributed by atoms with E-state index >= 15 is 0 Å². The van der Waals surface area contributed by atoms with Crippen LogP contribution in [0.1, 0.15) is 5.56 Å². The summed E-state index contributed by atoms with van der Waals surface area (Å²) in [5.74, 6) is 0. The summed E-state index contributed by atoms with van der Waals surface area (Å²) in [6.07, 6.45) is 0. The highest BCUT2D eigenvalue weighted by Gasteiger charge is 2.61. The lowest BCUT2D eigenvalue weighted by Crippen LogP contribution is -2.00. The quantitative estimate of drug-likeness (QED) is 0.617. The molecular weight excluding hydrogens is 259 g/mol. The number of hydrogen-bond donors (Lipinski definition) is 0. The van der Waals surface area contributed by atoms with Crippen molar-refractivity contribution in [2.75, 3.05) is 0 Å². The topological polar surface area (TPSA) is 0 Å². The third-order valence-corrected chi connectivity index (χ3v) is 2.51. The Labute approximate surface area is 88.1 Å². The number of benzene rings is 1. The van der Waals surface area contributed by atoms with E-state index in [1.807, 2.05) is 0 Å². The van der Waals surface area contributed by atoms with E-state index in [2.05, 4.69) is 0 Å². The molecule has 0 aliphatic heterocycles. The summed E-state index contributed by atoms with van der Waals surface area (Å²) in [5.41, 5.74) is -0.104. The number of halogens is 6. The van der Waals surface area contributed by atoms with E-state index in [1.54, 1.807) is 0 Å². The summed E-state index contributed by atoms with van der Waals surface area (Å²) in [6.45, 7) is 0. The Morgan fingerprint density at radius 2 is 1.47 bits per heavy atom. The van der Waals surface area contributed by atoms with Gasteiger partial charge in [0.2, 0.25) is 0 Å². The molecule has 0 saturated carbocycles. The third-order valence-electron chi connectivity index (χ3n) is 1.38. The van der Waals surface area contributed by atoms with Crippen LogP contribution in [0.4, 0.5) is 19.4 Å². The highest BCUT2D eigenvalue weighted by atomic mass is 35.5. The van der Waals surface area contributed by atoms with Crippen LogP contribution < -0.4 is 0 Å². The second-order valence-electron chi connectivity index (χ2n) is 2.86. The molecule has 0 N–H and O–H groups in total. The summed E-state index contributed by atoms with van der Waals surface area (Å²) < 4.78 is 60.0. The Kier molecular flexibility index (Phi) is 2.37. The second kappa shape index (κ2) is 2.89. The van der Waals surface area contributed by atoms with Crippen LogP contribution in [0.15, 0.2) is 35.7 Å². The van der Waals surface area contributed by atoms with E-state index in [0.717, 1.165) is 0 Å². The normalized spacial score (nSPS) is 18.1. The van der Waals surface area contributed by atoms with Crippen LogP contribution >= 0.6 is 21.8 Å². The Balaban J connectivity index is 3.18. The molecule has 0 nitrogen and oxygen atoms in total. The van der Waals surface area contributed by atoms with Crippen molar-refractivity contribution in [2.45, 2.75) is 0 Å². The van der Waals surface area contributed by atoms with E-state index in [9.17, 15) is 19.4 Å². The molecule has 0 fully saturated rings. The van der Waals surface area contributed by atoms with E-state index < -0.39 is 20.7 Å². The van der Waals surface area contributed by atoms with Crippen LogP contribution in [0.3, 0.4) is 0 Å². The first-order chi connectivity index (χ1) is 6.47. The van der Waals surface area contributed by atoms with E-state index in [1.165, 1.54) is 30.3 Å². The molecule has 0 saturated heterocycles. The standard InChI is InChI=1S/C8H6ClF5S/c9-8(6-15(10,11,12,13)14)7-4-2-1-3-5-7/h1-6H/b8-6-. The Morgan fingerprint density at radius 3 is 1.87 bits per heavy atom. The maximum Gasteiger partial charge on any atom is 0.305 e. The zero-order valence-electron chi connectivity index (χ0n) is 7.14. The minimum absolute atomic E-state index is 0.104. The first kappa shape index (κ1) is 12.3. The van der Waals surface area contributed by atoms with Crippen LogP contribution in [0.5, 0.6) is 0 Å². The minimum Gasteiger partial charge on any atom is -0.0941 e. The van der Waals surface area contributed by atoms with Crippen LogP contribution in [0.25, 0.3) is 5.03 Å². The van der Waals surface area contributed by atoms with E-state index in [-0.39, 0.29) is 5.56 Å². The lowest BCUT2D eigenvalue weighted by atomic mass is 10.2. The molecule has 1 aromatic carbocycles. The molecule has 15 heavy (non-hydrogen) atoms. The summed E-state index contributed by atoms with van der Waals surface area (Å²) in [4.78, 5) is 0. The molecule has 0 radical (unpaired) electrons. The fraction of sp³-hybridized carbons (Fsp3) is 0. The monoisotopic (exact) mass is 264 g/mol. The molecule has 0 aliphatic rings. The smallest absolute Gasteiger partial charge is 0.0941 e. The maximum absolute atomic E-state index is 12.0. The van der Waals surface area contributed by atoms with Gasteiger partial charge < -0.3 is 0 Å². The predicted molar refractivity (Wildman–Crippen MR) is 53.4 cm³/mol. The lowest BCUT2D eigenvalue weighted by Gasteiger charge is -2.37. The molecule has 1 aromatic rings. The molecule has 0 amide bonds. The molecule has 7 heteroatoms. The zero-order valence-corrected chi connectivity index (χ0v) is 8.71. The first-order valence-corrected chi connectivity index (χ1v) is 6.04. The van der Waals surface area contributed by atoms with Gasteiger partial charge in [-0.1, -0.05) is 61.4 Å². The molecule has 0 unspecified atom stereocenters. The molecular formula is C8H6ClF5S. The fourth-order valence-corrected chi connectivity index (χ4v) is 2.02. The molecule has 0 spiro atoms. The Morgan fingerprint density at radius 1 is 1.00 bits per heavy atom. The van der Waals surface area contributed by atoms with Crippen molar-refractivity contribution in [1.29, 1.82) is 0 Å². The highest BCUT2D eigenvalue weighted by molar-refractivity contribution is 8.48. The zero-order chi connectivity index (χ0) is 11.8. The van der Waals surface area contributed by atoms with Gasteiger partial charge in [0.25, 0.3) is 0 Å². The molecule has 0 atom stereocenters. The summed E-state index contributed by atoms with van der Waals surface area (Å²) in [5, 5.41) is -2.12. The van der Waals surface area contributed by atoms with E-state index in [0.29, 0.717) is 0 Å². The highest BCUT2D eigenvalue weighted by Crippen LogP contribution is 2.99. The lowest BCUT2D eigenvalue weighted by molar-refractivity contribution is 0.385. The minimum atomic E-state index is -9.59. The van der Waals surface area contributed by atoms with E-state index in [4.69, 9.17) is 11.6 Å². The van der Waals surface area contributed by atoms with Crippen LogP contribution in [-0.4, -0.2) is 0 Å². The van der Waals surface area contributed by atoms with Gasteiger partial charge in [0.1, 0.15) is 0 Å². The van der Waals surface area contributed by atoms with Crippen molar-refractivity contribution >= 4 is 26.9 Å². The van der Waals surface area contributed by atoms with Crippen molar-refractivity contribution in [3.63, 3.8) is 0 Å². The summed E-state index contributed by atoms with van der Waals surface area (Å²) in [6, 6.07) is 6.76. The van der Waals surface area contributed by atoms with Crippen LogP contribution in [-0.2, 0) is 0 Å². The SMILES string of the molecule is FS(F)(F)(F)(F)/C=C(\Cl)c1ccccc1. The number of hydrogen-bond acceptors (Lipinski definition) is 0. The van der Waals surface area contributed by atoms with Gasteiger partial charge >= 0.3 is 10.2 Å². The molecule has 0 aliphatic carbocycles. The number of rotatable bonds is 2. The van der Waals surface area contributed by atoms with Crippen molar-refractivity contribution in [2.24, 2.45) is 0 Å². The fourth-order valence-electron chi connectivity index (χ4n) is 0.861. The average Bonchev–Trinajstić information content (AvgIpc) is 2.00. The van der Waals surface area contributed by atoms with Gasteiger partial charge in [-0.3, -0.25) is 0 Å². The van der Waals surface area contributed by atoms with Crippen molar-refractivity contribution in [3.05, 3.63) is 41.3 Å². The predicted octanol–water partition coefficient (Wildman–Crippen LogP) is 5.52. The Bertz CT molecular complexity index is 393. The average molecular weight is 265 g/mol. The molecule has 0 aromatic heterocycles. The molecule has 0 heterocycles. The third kappa shape index (κ3) is 5.03. The molecule has 0 bridgehead atoms. The molecule has 1 rings (SSSR count). The second-order valence-corrected chi connectivity index (χ2v) is 5.56.